The zero-order valence-electron chi connectivity index (χ0n) is 12.2. The van der Waals surface area contributed by atoms with E-state index < -0.39 is 0 Å². The van der Waals surface area contributed by atoms with E-state index in [0.29, 0.717) is 12.2 Å². The molecule has 0 radical (unpaired) electrons. The van der Waals surface area contributed by atoms with Crippen molar-refractivity contribution < 1.29 is 14.6 Å². The molecule has 1 aliphatic heterocycles. The van der Waals surface area contributed by atoms with Crippen molar-refractivity contribution >= 4 is 28.5 Å². The van der Waals surface area contributed by atoms with Crippen LogP contribution in [0.2, 0.25) is 0 Å². The summed E-state index contributed by atoms with van der Waals surface area (Å²) in [5.74, 6) is 0.854. The normalized spacial score (nSPS) is 21.1. The molecule has 2 aromatic rings. The number of thioether (sulfide) groups is 1. The van der Waals surface area contributed by atoms with Crippen molar-refractivity contribution in [2.24, 2.45) is 0 Å². The Morgan fingerprint density at radius 3 is 3.00 bits per heavy atom. The van der Waals surface area contributed by atoms with E-state index in [1.165, 1.54) is 7.11 Å². The molecule has 22 heavy (non-hydrogen) atoms. The van der Waals surface area contributed by atoms with Gasteiger partial charge in [-0.05, 0) is 23.9 Å². The lowest BCUT2D eigenvalue weighted by Crippen LogP contribution is -2.38. The quantitative estimate of drug-likeness (QED) is 0.592. The molecule has 0 aromatic heterocycles. The Bertz CT molecular complexity index is 692. The van der Waals surface area contributed by atoms with E-state index in [9.17, 15) is 9.90 Å². The number of nitrogens with one attached hydrogen (secondary N) is 2. The van der Waals surface area contributed by atoms with Crippen LogP contribution < -0.4 is 10.9 Å². The number of phenolic OH excluding ortho intramolecular Hbond substituents is 1. The summed E-state index contributed by atoms with van der Waals surface area (Å²) in [6.07, 6.45) is 0.694. The van der Waals surface area contributed by atoms with Crippen LogP contribution in [0.25, 0.3) is 10.8 Å². The molecular formula is C16H18N2O3S. The van der Waals surface area contributed by atoms with Gasteiger partial charge in [0, 0.05) is 22.1 Å². The number of fused-ring (bicyclic) bond motifs is 1. The van der Waals surface area contributed by atoms with Crippen LogP contribution in [0.15, 0.2) is 41.3 Å². The molecule has 116 valence electrons. The minimum absolute atomic E-state index is 0.183. The predicted octanol–water partition coefficient (Wildman–Crippen LogP) is 2.05. The molecule has 2 atom stereocenters. The second-order valence-electron chi connectivity index (χ2n) is 5.27. The minimum Gasteiger partial charge on any atom is -0.507 e. The van der Waals surface area contributed by atoms with Gasteiger partial charge in [0.15, 0.2) is 0 Å². The smallest absolute Gasteiger partial charge is 0.324 e. The zero-order valence-corrected chi connectivity index (χ0v) is 13.0. The van der Waals surface area contributed by atoms with Crippen LogP contribution in [-0.2, 0) is 9.53 Å². The second-order valence-corrected chi connectivity index (χ2v) is 6.36. The van der Waals surface area contributed by atoms with Gasteiger partial charge in [-0.1, -0.05) is 24.3 Å². The first-order valence-corrected chi connectivity index (χ1v) is 8.09. The Morgan fingerprint density at radius 1 is 1.36 bits per heavy atom. The summed E-state index contributed by atoms with van der Waals surface area (Å²) >= 11 is 1.65. The van der Waals surface area contributed by atoms with Crippen LogP contribution >= 0.6 is 11.8 Å². The maximum Gasteiger partial charge on any atom is 0.324 e. The standard InChI is InChI=1S/C16H18N2O3S/c1-21-16(20)14-7-11(17-18-14)9-22-12-6-10-4-2-3-5-13(10)15(19)8-12/h2-6,8,11,14,17-19H,7,9H2,1H3. The van der Waals surface area contributed by atoms with E-state index in [4.69, 9.17) is 4.74 Å². The van der Waals surface area contributed by atoms with Gasteiger partial charge in [0.1, 0.15) is 11.8 Å². The number of ether oxygens (including phenoxy) is 1. The highest BCUT2D eigenvalue weighted by Gasteiger charge is 2.29. The number of carbonyl (C=O) groups excluding carboxylic acids is 1. The van der Waals surface area contributed by atoms with E-state index in [2.05, 4.69) is 16.9 Å². The van der Waals surface area contributed by atoms with E-state index in [1.807, 2.05) is 24.3 Å². The van der Waals surface area contributed by atoms with Crippen molar-refractivity contribution in [3.8, 4) is 5.75 Å². The fourth-order valence-electron chi connectivity index (χ4n) is 2.57. The van der Waals surface area contributed by atoms with Crippen LogP contribution in [0.3, 0.4) is 0 Å². The fraction of sp³-hybridized carbons (Fsp3) is 0.312. The van der Waals surface area contributed by atoms with Gasteiger partial charge in [-0.2, -0.15) is 0 Å². The molecule has 3 rings (SSSR count). The Morgan fingerprint density at radius 2 is 2.18 bits per heavy atom. The molecule has 3 N–H and O–H groups in total. The monoisotopic (exact) mass is 318 g/mol. The molecule has 6 heteroatoms. The number of aromatic hydroxyl groups is 1. The average molecular weight is 318 g/mol. The summed E-state index contributed by atoms with van der Waals surface area (Å²) in [7, 11) is 1.39. The number of rotatable bonds is 4. The molecule has 2 aromatic carbocycles. The lowest BCUT2D eigenvalue weighted by Gasteiger charge is -2.10. The number of hydrazine groups is 1. The van der Waals surface area contributed by atoms with Crippen molar-refractivity contribution in [1.82, 2.24) is 10.9 Å². The van der Waals surface area contributed by atoms with Crippen molar-refractivity contribution in [2.45, 2.75) is 23.4 Å². The van der Waals surface area contributed by atoms with Crippen LogP contribution in [0.5, 0.6) is 5.75 Å². The largest absolute Gasteiger partial charge is 0.507 e. The second kappa shape index (κ2) is 6.56. The number of hydrogen-bond acceptors (Lipinski definition) is 6. The summed E-state index contributed by atoms with van der Waals surface area (Å²) < 4.78 is 4.73. The SMILES string of the molecule is COC(=O)C1CC(CSc2cc(O)c3ccccc3c2)NN1. The van der Waals surface area contributed by atoms with Crippen LogP contribution in [0, 0.1) is 0 Å². The lowest BCUT2D eigenvalue weighted by atomic mass is 10.1. The molecule has 0 aliphatic carbocycles. The summed E-state index contributed by atoms with van der Waals surface area (Å²) in [5, 5.41) is 12.0. The van der Waals surface area contributed by atoms with Gasteiger partial charge < -0.3 is 9.84 Å². The third-order valence-electron chi connectivity index (χ3n) is 3.73. The zero-order chi connectivity index (χ0) is 15.5. The maximum absolute atomic E-state index is 11.5. The van der Waals surface area contributed by atoms with Gasteiger partial charge >= 0.3 is 5.97 Å². The third-order valence-corrected chi connectivity index (χ3v) is 4.87. The van der Waals surface area contributed by atoms with Crippen LogP contribution in [0.1, 0.15) is 6.42 Å². The lowest BCUT2D eigenvalue weighted by molar-refractivity contribution is -0.142. The van der Waals surface area contributed by atoms with Gasteiger partial charge in [-0.3, -0.25) is 10.2 Å². The first kappa shape index (κ1) is 15.1. The molecule has 5 nitrogen and oxygen atoms in total. The summed E-state index contributed by atoms with van der Waals surface area (Å²) in [4.78, 5) is 12.5. The number of carbonyl (C=O) groups is 1. The molecule has 0 amide bonds. The molecule has 1 aliphatic rings. The number of benzene rings is 2. The molecule has 2 unspecified atom stereocenters. The Labute approximate surface area is 133 Å². The van der Waals surface area contributed by atoms with Crippen molar-refractivity contribution in [3.63, 3.8) is 0 Å². The van der Waals surface area contributed by atoms with Gasteiger partial charge in [0.25, 0.3) is 0 Å². The maximum atomic E-state index is 11.5. The summed E-state index contributed by atoms with van der Waals surface area (Å²) in [6, 6.07) is 11.5. The van der Waals surface area contributed by atoms with E-state index in [-0.39, 0.29) is 18.1 Å². The Kier molecular flexibility index (Phi) is 4.52. The first-order chi connectivity index (χ1) is 10.7. The van der Waals surface area contributed by atoms with E-state index in [1.54, 1.807) is 17.8 Å². The molecule has 1 heterocycles. The van der Waals surface area contributed by atoms with Crippen molar-refractivity contribution in [3.05, 3.63) is 36.4 Å². The Hall–Kier alpha value is -1.76. The third kappa shape index (κ3) is 3.19. The van der Waals surface area contributed by atoms with Gasteiger partial charge in [0.2, 0.25) is 0 Å². The average Bonchev–Trinajstić information content (AvgIpc) is 3.01. The van der Waals surface area contributed by atoms with Gasteiger partial charge in [0.05, 0.1) is 7.11 Å². The van der Waals surface area contributed by atoms with E-state index in [0.717, 1.165) is 21.4 Å². The predicted molar refractivity (Wildman–Crippen MR) is 86.8 cm³/mol. The van der Waals surface area contributed by atoms with Crippen LogP contribution in [-0.4, -0.2) is 36.0 Å². The first-order valence-electron chi connectivity index (χ1n) is 7.11. The molecule has 0 bridgehead atoms. The minimum atomic E-state index is -0.291. The van der Waals surface area contributed by atoms with Crippen LogP contribution in [0.4, 0.5) is 0 Å². The molecule has 1 fully saturated rings. The molecule has 0 spiro atoms. The highest BCUT2D eigenvalue weighted by Crippen LogP contribution is 2.31. The topological polar surface area (TPSA) is 70.6 Å². The number of phenols is 1. The van der Waals surface area contributed by atoms with Gasteiger partial charge in [-0.15, -0.1) is 11.8 Å². The highest BCUT2D eigenvalue weighted by atomic mass is 32.2. The molecule has 0 saturated carbocycles. The fourth-order valence-corrected chi connectivity index (χ4v) is 3.59. The van der Waals surface area contributed by atoms with Crippen molar-refractivity contribution in [2.75, 3.05) is 12.9 Å². The number of methoxy groups -OCH3 is 1. The molecular weight excluding hydrogens is 300 g/mol. The number of hydrogen-bond donors (Lipinski definition) is 3. The van der Waals surface area contributed by atoms with Crippen molar-refractivity contribution in [1.29, 1.82) is 0 Å². The van der Waals surface area contributed by atoms with E-state index >= 15 is 0 Å². The molecule has 1 saturated heterocycles. The Balaban J connectivity index is 1.64. The number of esters is 1. The summed E-state index contributed by atoms with van der Waals surface area (Å²) in [5.41, 5.74) is 6.06. The van der Waals surface area contributed by atoms with Gasteiger partial charge in [-0.25, -0.2) is 5.43 Å². The summed E-state index contributed by atoms with van der Waals surface area (Å²) in [6.45, 7) is 0. The highest BCUT2D eigenvalue weighted by molar-refractivity contribution is 7.99.